The maximum atomic E-state index is 13.6. The topological polar surface area (TPSA) is 37.9 Å². The van der Waals surface area contributed by atoms with Gasteiger partial charge in [-0.05, 0) is 24.3 Å². The number of rotatable bonds is 3. The van der Waals surface area contributed by atoms with Crippen LogP contribution in [0.1, 0.15) is 5.82 Å². The third-order valence-electron chi connectivity index (χ3n) is 2.77. The van der Waals surface area contributed by atoms with Gasteiger partial charge in [0.2, 0.25) is 0 Å². The molecule has 102 valence electrons. The van der Waals surface area contributed by atoms with Gasteiger partial charge in [0.25, 0.3) is 0 Å². The van der Waals surface area contributed by atoms with Gasteiger partial charge in [-0.2, -0.15) is 0 Å². The average molecular weight is 295 g/mol. The lowest BCUT2D eigenvalue weighted by atomic mass is 10.3. The molecule has 0 aliphatic heterocycles. The normalized spacial score (nSPS) is 10.9. The van der Waals surface area contributed by atoms with Crippen molar-refractivity contribution in [2.45, 2.75) is 5.88 Å². The second-order valence-corrected chi connectivity index (χ2v) is 4.41. The Hall–Kier alpha value is -2.14. The number of H-pyrrole nitrogens is 1. The predicted octanol–water partition coefficient (Wildman–Crippen LogP) is 4.37. The molecule has 0 saturated heterocycles. The van der Waals surface area contributed by atoms with E-state index in [-0.39, 0.29) is 11.6 Å². The number of benzene rings is 2. The van der Waals surface area contributed by atoms with E-state index in [4.69, 9.17) is 16.3 Å². The van der Waals surface area contributed by atoms with Gasteiger partial charge in [0.1, 0.15) is 17.2 Å². The summed E-state index contributed by atoms with van der Waals surface area (Å²) in [5.74, 6) is -0.279. The van der Waals surface area contributed by atoms with Crippen molar-refractivity contribution in [1.82, 2.24) is 9.97 Å². The van der Waals surface area contributed by atoms with Gasteiger partial charge >= 0.3 is 0 Å². The van der Waals surface area contributed by atoms with Crippen molar-refractivity contribution in [1.29, 1.82) is 0 Å². The van der Waals surface area contributed by atoms with E-state index in [9.17, 15) is 8.78 Å². The van der Waals surface area contributed by atoms with E-state index in [1.54, 1.807) is 12.1 Å². The van der Waals surface area contributed by atoms with Crippen LogP contribution >= 0.6 is 11.6 Å². The first-order valence-corrected chi connectivity index (χ1v) is 6.37. The van der Waals surface area contributed by atoms with Crippen molar-refractivity contribution in [3.63, 3.8) is 0 Å². The maximum absolute atomic E-state index is 13.6. The Morgan fingerprint density at radius 2 is 2.00 bits per heavy atom. The van der Waals surface area contributed by atoms with E-state index < -0.39 is 11.6 Å². The second-order valence-electron chi connectivity index (χ2n) is 4.15. The van der Waals surface area contributed by atoms with Crippen LogP contribution in [0.4, 0.5) is 8.78 Å². The molecule has 0 unspecified atom stereocenters. The highest BCUT2D eigenvalue weighted by Crippen LogP contribution is 2.30. The Balaban J connectivity index is 2.03. The van der Waals surface area contributed by atoms with E-state index in [0.29, 0.717) is 17.1 Å². The van der Waals surface area contributed by atoms with Gasteiger partial charge in [-0.15, -0.1) is 11.6 Å². The number of aromatic nitrogens is 2. The van der Waals surface area contributed by atoms with E-state index in [2.05, 4.69) is 9.97 Å². The summed E-state index contributed by atoms with van der Waals surface area (Å²) in [5, 5.41) is 0. The molecule has 3 nitrogen and oxygen atoms in total. The minimum Gasteiger partial charge on any atom is -0.452 e. The number of aromatic amines is 1. The van der Waals surface area contributed by atoms with Gasteiger partial charge < -0.3 is 9.72 Å². The highest BCUT2D eigenvalue weighted by molar-refractivity contribution is 6.16. The van der Waals surface area contributed by atoms with Crippen molar-refractivity contribution in [3.05, 3.63) is 53.9 Å². The average Bonchev–Trinajstić information content (AvgIpc) is 2.86. The van der Waals surface area contributed by atoms with E-state index in [0.717, 1.165) is 17.6 Å². The lowest BCUT2D eigenvalue weighted by Crippen LogP contribution is -1.90. The monoisotopic (exact) mass is 294 g/mol. The van der Waals surface area contributed by atoms with Crippen LogP contribution in [-0.4, -0.2) is 9.97 Å². The number of alkyl halides is 1. The van der Waals surface area contributed by atoms with E-state index in [1.807, 2.05) is 6.07 Å². The molecular weight excluding hydrogens is 286 g/mol. The summed E-state index contributed by atoms with van der Waals surface area (Å²) in [6, 6.07) is 8.35. The summed E-state index contributed by atoms with van der Waals surface area (Å²) in [7, 11) is 0. The fourth-order valence-electron chi connectivity index (χ4n) is 1.88. The van der Waals surface area contributed by atoms with Crippen molar-refractivity contribution in [2.24, 2.45) is 0 Å². The van der Waals surface area contributed by atoms with Gasteiger partial charge in [-0.1, -0.05) is 6.07 Å². The van der Waals surface area contributed by atoms with Gasteiger partial charge in [-0.3, -0.25) is 0 Å². The molecule has 6 heteroatoms. The van der Waals surface area contributed by atoms with Crippen LogP contribution in [-0.2, 0) is 5.88 Å². The summed E-state index contributed by atoms with van der Waals surface area (Å²) in [6.07, 6.45) is 0. The highest BCUT2D eigenvalue weighted by Gasteiger charge is 2.11. The Bertz CT molecular complexity index is 773. The first-order chi connectivity index (χ1) is 9.67. The molecule has 1 heterocycles. The number of nitrogens with one attached hydrogen (secondary N) is 1. The fourth-order valence-corrected chi connectivity index (χ4v) is 2.01. The first-order valence-electron chi connectivity index (χ1n) is 5.84. The second kappa shape index (κ2) is 5.09. The minimum absolute atomic E-state index is 0.0608. The molecule has 0 bridgehead atoms. The van der Waals surface area contributed by atoms with Crippen LogP contribution < -0.4 is 4.74 Å². The zero-order valence-corrected chi connectivity index (χ0v) is 10.9. The highest BCUT2D eigenvalue weighted by atomic mass is 35.5. The van der Waals surface area contributed by atoms with Gasteiger partial charge in [0.05, 0.1) is 11.4 Å². The van der Waals surface area contributed by atoms with E-state index in [1.165, 1.54) is 6.07 Å². The van der Waals surface area contributed by atoms with Crippen molar-refractivity contribution < 1.29 is 13.5 Å². The molecule has 0 atom stereocenters. The minimum atomic E-state index is -0.768. The number of hydrogen-bond donors (Lipinski definition) is 1. The summed E-state index contributed by atoms with van der Waals surface area (Å²) < 4.78 is 31.9. The molecule has 2 aromatic carbocycles. The number of ether oxygens (including phenoxy) is 1. The van der Waals surface area contributed by atoms with Gasteiger partial charge in [0.15, 0.2) is 17.3 Å². The number of fused-ring (bicyclic) bond motifs is 1. The maximum Gasteiger partial charge on any atom is 0.168 e. The lowest BCUT2D eigenvalue weighted by molar-refractivity contribution is 0.441. The summed E-state index contributed by atoms with van der Waals surface area (Å²) in [6.45, 7) is 0. The molecule has 0 saturated carbocycles. The van der Waals surface area contributed by atoms with Crippen LogP contribution in [0, 0.1) is 11.6 Å². The van der Waals surface area contributed by atoms with Gasteiger partial charge in [0, 0.05) is 6.07 Å². The summed E-state index contributed by atoms with van der Waals surface area (Å²) >= 11 is 5.72. The van der Waals surface area contributed by atoms with Crippen LogP contribution in [0.15, 0.2) is 36.4 Å². The number of para-hydroxylation sites is 1. The number of halogens is 3. The standard InChI is InChI=1S/C14H9ClF2N2O/c15-7-13-18-10-2-1-3-12(14(10)19-13)20-11-5-4-8(16)6-9(11)17/h1-6H,7H2,(H,18,19). The molecule has 1 N–H and O–H groups in total. The van der Waals surface area contributed by atoms with Crippen LogP contribution in [0.2, 0.25) is 0 Å². The molecule has 0 radical (unpaired) electrons. The van der Waals surface area contributed by atoms with Crippen LogP contribution in [0.5, 0.6) is 11.5 Å². The zero-order chi connectivity index (χ0) is 14.1. The molecular formula is C14H9ClF2N2O. The SMILES string of the molecule is Fc1ccc(Oc2cccc3[nH]c(CCl)nc23)c(F)c1. The molecule has 3 aromatic rings. The quantitative estimate of drug-likeness (QED) is 0.728. The molecule has 1 aromatic heterocycles. The van der Waals surface area contributed by atoms with Crippen molar-refractivity contribution >= 4 is 22.6 Å². The first kappa shape index (κ1) is 12.9. The van der Waals surface area contributed by atoms with E-state index >= 15 is 0 Å². The smallest absolute Gasteiger partial charge is 0.168 e. The number of hydrogen-bond acceptors (Lipinski definition) is 2. The zero-order valence-electron chi connectivity index (χ0n) is 10.2. The summed E-state index contributed by atoms with van der Waals surface area (Å²) in [5.41, 5.74) is 1.28. The van der Waals surface area contributed by atoms with Crippen molar-refractivity contribution in [2.75, 3.05) is 0 Å². The van der Waals surface area contributed by atoms with Crippen LogP contribution in [0.3, 0.4) is 0 Å². The molecule has 20 heavy (non-hydrogen) atoms. The Morgan fingerprint density at radius 1 is 1.15 bits per heavy atom. The Morgan fingerprint density at radius 3 is 2.75 bits per heavy atom. The molecule has 0 amide bonds. The number of imidazole rings is 1. The Kier molecular flexibility index (Phi) is 3.28. The number of nitrogens with zero attached hydrogens (tertiary/aromatic N) is 1. The third kappa shape index (κ3) is 2.32. The molecule has 0 aliphatic carbocycles. The van der Waals surface area contributed by atoms with Gasteiger partial charge in [-0.25, -0.2) is 13.8 Å². The molecule has 3 rings (SSSR count). The van der Waals surface area contributed by atoms with Crippen molar-refractivity contribution in [3.8, 4) is 11.5 Å². The third-order valence-corrected chi connectivity index (χ3v) is 3.02. The predicted molar refractivity (Wildman–Crippen MR) is 72.1 cm³/mol. The summed E-state index contributed by atoms with van der Waals surface area (Å²) in [4.78, 5) is 7.28. The molecule has 0 aliphatic rings. The lowest BCUT2D eigenvalue weighted by Gasteiger charge is -2.07. The largest absolute Gasteiger partial charge is 0.452 e. The molecule has 0 fully saturated rings. The fraction of sp³-hybridized carbons (Fsp3) is 0.0714. The Labute approximate surface area is 118 Å². The van der Waals surface area contributed by atoms with Crippen LogP contribution in [0.25, 0.3) is 11.0 Å². The molecule has 0 spiro atoms.